The number of carbonyl (C=O) groups is 2. The molecule has 0 bridgehead atoms. The predicted molar refractivity (Wildman–Crippen MR) is 121 cm³/mol. The Labute approximate surface area is 198 Å². The van der Waals surface area contributed by atoms with Gasteiger partial charge in [0.05, 0.1) is 17.8 Å². The zero-order valence-electron chi connectivity index (χ0n) is 19.3. The summed E-state index contributed by atoms with van der Waals surface area (Å²) < 4.78 is 39.9. The second-order valence-electron chi connectivity index (χ2n) is 8.55. The highest BCUT2D eigenvalue weighted by Crippen LogP contribution is 2.27. The molecule has 186 valence electrons. The molecule has 3 N–H and O–H groups in total. The summed E-state index contributed by atoms with van der Waals surface area (Å²) in [6.07, 6.45) is -1.17. The zero-order chi connectivity index (χ0) is 25.3. The van der Waals surface area contributed by atoms with E-state index in [1.807, 2.05) is 4.90 Å². The lowest BCUT2D eigenvalue weighted by Gasteiger charge is -2.32. The molecule has 3 aromatic heterocycles. The number of alkyl halides is 3. The molecule has 1 aliphatic rings. The first-order valence-corrected chi connectivity index (χ1v) is 11.1. The Morgan fingerprint density at radius 3 is 2.66 bits per heavy atom. The van der Waals surface area contributed by atoms with Crippen molar-refractivity contribution >= 4 is 29.1 Å². The maximum absolute atomic E-state index is 13.0. The lowest BCUT2D eigenvalue weighted by atomic mass is 9.97. The van der Waals surface area contributed by atoms with Crippen LogP contribution in [0.1, 0.15) is 42.0 Å². The largest absolute Gasteiger partial charge is 0.453 e. The topological polar surface area (TPSA) is 131 Å². The van der Waals surface area contributed by atoms with Gasteiger partial charge in [0.2, 0.25) is 11.8 Å². The van der Waals surface area contributed by atoms with E-state index in [0.29, 0.717) is 35.0 Å². The van der Waals surface area contributed by atoms with Gasteiger partial charge in [-0.15, -0.1) is 5.10 Å². The molecular weight excluding hydrogens is 465 g/mol. The number of fused-ring (bicyclic) bond motifs is 1. The number of rotatable bonds is 6. The highest BCUT2D eigenvalue weighted by atomic mass is 19.4. The predicted octanol–water partition coefficient (Wildman–Crippen LogP) is 2.43. The highest BCUT2D eigenvalue weighted by Gasteiger charge is 2.37. The van der Waals surface area contributed by atoms with Crippen LogP contribution in [0.4, 0.5) is 24.7 Å². The number of primary amides is 1. The average molecular weight is 490 g/mol. The van der Waals surface area contributed by atoms with Crippen molar-refractivity contribution in [1.29, 1.82) is 0 Å². The van der Waals surface area contributed by atoms with Crippen LogP contribution >= 0.6 is 0 Å². The molecule has 1 unspecified atom stereocenters. The van der Waals surface area contributed by atoms with E-state index in [9.17, 15) is 22.8 Å². The first kappa shape index (κ1) is 24.4. The Bertz CT molecular complexity index is 1260. The molecule has 0 spiro atoms. The van der Waals surface area contributed by atoms with Crippen molar-refractivity contribution < 1.29 is 22.8 Å². The van der Waals surface area contributed by atoms with Crippen molar-refractivity contribution in [3.8, 4) is 0 Å². The van der Waals surface area contributed by atoms with Gasteiger partial charge in [-0.25, -0.2) is 14.5 Å². The van der Waals surface area contributed by atoms with E-state index in [0.717, 1.165) is 23.9 Å². The molecular formula is C22H25F3N8O2. The lowest BCUT2D eigenvalue weighted by molar-refractivity contribution is -0.144. The number of hydrogen-bond donors (Lipinski definition) is 2. The summed E-state index contributed by atoms with van der Waals surface area (Å²) in [5.41, 5.74) is 7.51. The van der Waals surface area contributed by atoms with Crippen LogP contribution in [0.2, 0.25) is 0 Å². The Balaban J connectivity index is 1.39. The Kier molecular flexibility index (Phi) is 6.59. The Morgan fingerprint density at radius 1 is 1.23 bits per heavy atom. The Morgan fingerprint density at radius 2 is 2.00 bits per heavy atom. The van der Waals surface area contributed by atoms with Crippen molar-refractivity contribution in [1.82, 2.24) is 24.6 Å². The fourth-order valence-corrected chi connectivity index (χ4v) is 4.22. The third-order valence-corrected chi connectivity index (χ3v) is 6.08. The third-order valence-electron chi connectivity index (χ3n) is 6.08. The van der Waals surface area contributed by atoms with Crippen LogP contribution < -0.4 is 16.0 Å². The maximum atomic E-state index is 13.0. The van der Waals surface area contributed by atoms with Crippen molar-refractivity contribution in [3.63, 3.8) is 0 Å². The number of piperidine rings is 1. The van der Waals surface area contributed by atoms with E-state index in [2.05, 4.69) is 25.4 Å². The van der Waals surface area contributed by atoms with E-state index in [1.165, 1.54) is 0 Å². The quantitative estimate of drug-likeness (QED) is 0.543. The summed E-state index contributed by atoms with van der Waals surface area (Å²) >= 11 is 0. The number of halogens is 3. The first-order chi connectivity index (χ1) is 16.5. The molecule has 0 saturated carbocycles. The molecule has 3 aromatic rings. The molecule has 2 amide bonds. The first-order valence-electron chi connectivity index (χ1n) is 11.1. The number of pyridine rings is 1. The second kappa shape index (κ2) is 9.47. The highest BCUT2D eigenvalue weighted by molar-refractivity contribution is 5.90. The van der Waals surface area contributed by atoms with Gasteiger partial charge >= 0.3 is 6.18 Å². The van der Waals surface area contributed by atoms with Gasteiger partial charge in [-0.3, -0.25) is 9.59 Å². The summed E-state index contributed by atoms with van der Waals surface area (Å²) in [5, 5.41) is 6.29. The van der Waals surface area contributed by atoms with Gasteiger partial charge in [0.1, 0.15) is 5.82 Å². The van der Waals surface area contributed by atoms with Crippen molar-refractivity contribution in [2.75, 3.05) is 23.3 Å². The number of aryl methyl sites for hydroxylation is 2. The number of aromatic nitrogens is 5. The second-order valence-corrected chi connectivity index (χ2v) is 8.55. The number of hydrogen-bond acceptors (Lipinski definition) is 7. The Hall–Kier alpha value is -3.77. The van der Waals surface area contributed by atoms with Crippen LogP contribution in [0.5, 0.6) is 0 Å². The van der Waals surface area contributed by atoms with Gasteiger partial charge < -0.3 is 16.0 Å². The third kappa shape index (κ3) is 5.33. The van der Waals surface area contributed by atoms with Crippen LogP contribution in [0.25, 0.3) is 5.78 Å². The number of amides is 2. The minimum Gasteiger partial charge on any atom is -0.369 e. The monoisotopic (exact) mass is 490 g/mol. The summed E-state index contributed by atoms with van der Waals surface area (Å²) in [7, 11) is 0. The van der Waals surface area contributed by atoms with Crippen molar-refractivity contribution in [2.45, 2.75) is 45.7 Å². The molecule has 35 heavy (non-hydrogen) atoms. The summed E-state index contributed by atoms with van der Waals surface area (Å²) in [4.78, 5) is 38.0. The molecule has 1 fully saturated rings. The molecule has 1 atom stereocenters. The number of anilines is 2. The fourth-order valence-electron chi connectivity index (χ4n) is 4.22. The van der Waals surface area contributed by atoms with E-state index in [1.54, 1.807) is 32.2 Å². The van der Waals surface area contributed by atoms with Gasteiger partial charge in [-0.1, -0.05) is 0 Å². The minimum atomic E-state index is -4.67. The van der Waals surface area contributed by atoms with Crippen LogP contribution in [0, 0.1) is 19.8 Å². The molecule has 0 aliphatic carbocycles. The van der Waals surface area contributed by atoms with Crippen LogP contribution in [-0.4, -0.2) is 49.5 Å². The van der Waals surface area contributed by atoms with Crippen LogP contribution in [0.3, 0.4) is 0 Å². The minimum absolute atomic E-state index is 0.0872. The molecule has 0 radical (unpaired) electrons. The average Bonchev–Trinajstić information content (AvgIpc) is 3.24. The van der Waals surface area contributed by atoms with Crippen molar-refractivity contribution in [2.24, 2.45) is 11.7 Å². The van der Waals surface area contributed by atoms with Gasteiger partial charge in [0, 0.05) is 30.9 Å². The summed E-state index contributed by atoms with van der Waals surface area (Å²) in [6.45, 7) is 4.57. The number of nitrogens with zero attached hydrogens (tertiary/aromatic N) is 6. The molecule has 4 rings (SSSR count). The zero-order valence-corrected chi connectivity index (χ0v) is 19.3. The van der Waals surface area contributed by atoms with Crippen LogP contribution in [0.15, 0.2) is 18.3 Å². The summed E-state index contributed by atoms with van der Waals surface area (Å²) in [5.74, 6) is -1.49. The van der Waals surface area contributed by atoms with Crippen molar-refractivity contribution in [3.05, 3.63) is 41.1 Å². The number of nitrogens with one attached hydrogen (secondary N) is 1. The lowest BCUT2D eigenvalue weighted by Crippen LogP contribution is -2.41. The smallest absolute Gasteiger partial charge is 0.369 e. The van der Waals surface area contributed by atoms with E-state index >= 15 is 0 Å². The standard InChI is InChI=1S/C22H25F3N8O2/c1-12-16(13(2)33-21(28-12)30-20(31-33)22(23,24)25)6-8-18(34)29-15-5-7-17(27-10-15)32-9-3-4-14(11-32)19(26)35/h5,7,10,14H,3-4,6,8-9,11H2,1-2H3,(H2,26,35)(H,29,34). The number of carbonyl (C=O) groups excluding carboxylic acids is 2. The van der Waals surface area contributed by atoms with Gasteiger partial charge in [0.15, 0.2) is 0 Å². The number of nitrogens with two attached hydrogens (primary N) is 1. The fraction of sp³-hybridized carbons (Fsp3) is 0.455. The van der Waals surface area contributed by atoms with E-state index < -0.39 is 12.0 Å². The van der Waals surface area contributed by atoms with Gasteiger partial charge in [-0.2, -0.15) is 18.2 Å². The van der Waals surface area contributed by atoms with E-state index in [-0.39, 0.29) is 36.4 Å². The van der Waals surface area contributed by atoms with E-state index in [4.69, 9.17) is 5.73 Å². The van der Waals surface area contributed by atoms with Crippen LogP contribution in [-0.2, 0) is 22.2 Å². The normalized spacial score (nSPS) is 16.5. The molecule has 1 saturated heterocycles. The van der Waals surface area contributed by atoms with Gasteiger partial charge in [0.25, 0.3) is 11.6 Å². The SMILES string of the molecule is Cc1nc2nc(C(F)(F)F)nn2c(C)c1CCC(=O)Nc1ccc(N2CCCC(C(N)=O)C2)nc1. The molecule has 13 heteroatoms. The van der Waals surface area contributed by atoms with Gasteiger partial charge in [-0.05, 0) is 50.8 Å². The maximum Gasteiger partial charge on any atom is 0.453 e. The molecule has 0 aromatic carbocycles. The molecule has 10 nitrogen and oxygen atoms in total. The summed E-state index contributed by atoms with van der Waals surface area (Å²) in [6, 6.07) is 3.50. The molecule has 4 heterocycles. The molecule has 1 aliphatic heterocycles.